The Balaban J connectivity index is 2.47. The maximum Gasteiger partial charge on any atom is 0.331 e. The van der Waals surface area contributed by atoms with E-state index in [4.69, 9.17) is 10.8 Å². The van der Waals surface area contributed by atoms with Crippen molar-refractivity contribution in [1.29, 1.82) is 0 Å². The van der Waals surface area contributed by atoms with E-state index in [2.05, 4.69) is 4.74 Å². The molecule has 3 N–H and O–H groups in total. The van der Waals surface area contributed by atoms with E-state index in [-0.39, 0.29) is 12.3 Å². The molecule has 108 valence electrons. The zero-order valence-corrected chi connectivity index (χ0v) is 11.1. The van der Waals surface area contributed by atoms with Crippen molar-refractivity contribution in [3.8, 4) is 0 Å². The Morgan fingerprint density at radius 1 is 1.20 bits per heavy atom. The quantitative estimate of drug-likeness (QED) is 0.595. The predicted molar refractivity (Wildman–Crippen MR) is 70.8 cm³/mol. The fourth-order valence-corrected chi connectivity index (χ4v) is 1.65. The number of carbonyl (C=O) groups is 3. The Morgan fingerprint density at radius 3 is 2.35 bits per heavy atom. The fraction of sp³-hybridized carbons (Fsp3) is 0.357. The molecule has 1 aromatic carbocycles. The molecule has 0 saturated heterocycles. The lowest BCUT2D eigenvalue weighted by atomic mass is 9.98. The molecule has 0 bridgehead atoms. The number of esters is 2. The van der Waals surface area contributed by atoms with E-state index < -0.39 is 30.4 Å². The van der Waals surface area contributed by atoms with Crippen LogP contribution in [0.3, 0.4) is 0 Å². The van der Waals surface area contributed by atoms with Gasteiger partial charge in [-0.1, -0.05) is 37.3 Å². The van der Waals surface area contributed by atoms with Gasteiger partial charge in [0.25, 0.3) is 0 Å². The number of hydrogen-bond donors (Lipinski definition) is 2. The van der Waals surface area contributed by atoms with Crippen LogP contribution in [0.4, 0.5) is 0 Å². The summed E-state index contributed by atoms with van der Waals surface area (Å²) in [6.45, 7) is 1.83. The number of benzene rings is 1. The largest absolute Gasteiger partial charge is 0.481 e. The Kier molecular flexibility index (Phi) is 5.86. The van der Waals surface area contributed by atoms with Crippen molar-refractivity contribution in [2.45, 2.75) is 31.7 Å². The molecule has 0 heterocycles. The normalized spacial score (nSPS) is 13.3. The van der Waals surface area contributed by atoms with Crippen molar-refractivity contribution in [3.05, 3.63) is 35.9 Å². The van der Waals surface area contributed by atoms with Gasteiger partial charge in [-0.3, -0.25) is 9.59 Å². The highest BCUT2D eigenvalue weighted by Crippen LogP contribution is 2.18. The van der Waals surface area contributed by atoms with Crippen molar-refractivity contribution in [2.75, 3.05) is 0 Å². The molecular formula is C14H17NO5. The first-order valence-corrected chi connectivity index (χ1v) is 6.17. The Labute approximate surface area is 116 Å². The number of carboxylic acid groups (broad SMARTS) is 1. The molecule has 6 nitrogen and oxygen atoms in total. The highest BCUT2D eigenvalue weighted by atomic mass is 16.6. The van der Waals surface area contributed by atoms with E-state index in [0.29, 0.717) is 0 Å². The van der Waals surface area contributed by atoms with E-state index in [1.165, 1.54) is 0 Å². The van der Waals surface area contributed by atoms with Crippen LogP contribution in [0.15, 0.2) is 30.3 Å². The molecular weight excluding hydrogens is 262 g/mol. The molecule has 0 aliphatic rings. The third-order valence-electron chi connectivity index (χ3n) is 2.75. The first-order chi connectivity index (χ1) is 9.40. The summed E-state index contributed by atoms with van der Waals surface area (Å²) in [4.78, 5) is 33.3. The Hall–Kier alpha value is -2.21. The van der Waals surface area contributed by atoms with Gasteiger partial charge in [-0.2, -0.15) is 0 Å². The molecule has 0 aliphatic heterocycles. The standard InChI is InChI=1S/C14H17NO5/c1-9(10-5-3-2-4-6-10)7-13(18)20-14(19)11(15)8-12(16)17/h2-6,9,11H,7-8,15H2,1H3,(H,16,17)/t9?,11-/m0/s1. The van der Waals surface area contributed by atoms with Crippen molar-refractivity contribution < 1.29 is 24.2 Å². The minimum Gasteiger partial charge on any atom is -0.481 e. The molecule has 0 saturated carbocycles. The molecule has 0 radical (unpaired) electrons. The van der Waals surface area contributed by atoms with Gasteiger partial charge >= 0.3 is 17.9 Å². The third-order valence-corrected chi connectivity index (χ3v) is 2.75. The summed E-state index contributed by atoms with van der Waals surface area (Å²) in [6.07, 6.45) is -0.546. The summed E-state index contributed by atoms with van der Waals surface area (Å²) in [6, 6.07) is 7.98. The van der Waals surface area contributed by atoms with E-state index in [9.17, 15) is 14.4 Å². The molecule has 20 heavy (non-hydrogen) atoms. The second-order valence-electron chi connectivity index (χ2n) is 4.51. The molecule has 0 aromatic heterocycles. The first-order valence-electron chi connectivity index (χ1n) is 6.17. The first kappa shape index (κ1) is 15.8. The lowest BCUT2D eigenvalue weighted by molar-refractivity contribution is -0.162. The summed E-state index contributed by atoms with van der Waals surface area (Å²) in [7, 11) is 0. The van der Waals surface area contributed by atoms with Gasteiger partial charge in [0.15, 0.2) is 0 Å². The number of ether oxygens (including phenoxy) is 1. The molecule has 0 fully saturated rings. The molecule has 1 aromatic rings. The van der Waals surface area contributed by atoms with Crippen molar-refractivity contribution in [3.63, 3.8) is 0 Å². The van der Waals surface area contributed by atoms with Crippen LogP contribution in [-0.2, 0) is 19.1 Å². The summed E-state index contributed by atoms with van der Waals surface area (Å²) in [5.74, 6) is -3.06. The monoisotopic (exact) mass is 279 g/mol. The van der Waals surface area contributed by atoms with Crippen molar-refractivity contribution in [1.82, 2.24) is 0 Å². The zero-order chi connectivity index (χ0) is 15.1. The number of carboxylic acids is 1. The van der Waals surface area contributed by atoms with E-state index in [0.717, 1.165) is 5.56 Å². The molecule has 0 aliphatic carbocycles. The molecule has 2 atom stereocenters. The van der Waals surface area contributed by atoms with Crippen LogP contribution < -0.4 is 5.73 Å². The van der Waals surface area contributed by atoms with Crippen LogP contribution in [0.25, 0.3) is 0 Å². The average molecular weight is 279 g/mol. The second kappa shape index (κ2) is 7.40. The maximum atomic E-state index is 11.6. The minimum absolute atomic E-state index is 0.0234. The minimum atomic E-state index is -1.33. The maximum absolute atomic E-state index is 11.6. The topological polar surface area (TPSA) is 107 Å². The van der Waals surface area contributed by atoms with Crippen LogP contribution >= 0.6 is 0 Å². The predicted octanol–water partition coefficient (Wildman–Crippen LogP) is 1.05. The smallest absolute Gasteiger partial charge is 0.331 e. The van der Waals surface area contributed by atoms with Gasteiger partial charge in [-0.05, 0) is 11.5 Å². The lowest BCUT2D eigenvalue weighted by Gasteiger charge is -2.12. The van der Waals surface area contributed by atoms with Crippen LogP contribution in [0, 0.1) is 0 Å². The zero-order valence-electron chi connectivity index (χ0n) is 11.1. The van der Waals surface area contributed by atoms with E-state index >= 15 is 0 Å². The lowest BCUT2D eigenvalue weighted by Crippen LogP contribution is -2.35. The number of nitrogens with two attached hydrogens (primary N) is 1. The van der Waals surface area contributed by atoms with Crippen molar-refractivity contribution in [2.24, 2.45) is 5.73 Å². The summed E-state index contributed by atoms with van der Waals surface area (Å²) in [5.41, 5.74) is 6.25. The van der Waals surface area contributed by atoms with E-state index in [1.54, 1.807) is 0 Å². The van der Waals surface area contributed by atoms with Gasteiger partial charge in [0.05, 0.1) is 12.8 Å². The SMILES string of the molecule is CC(CC(=O)OC(=O)[C@@H](N)CC(=O)O)c1ccccc1. The summed E-state index contributed by atoms with van der Waals surface area (Å²) < 4.78 is 4.54. The average Bonchev–Trinajstić information content (AvgIpc) is 2.38. The molecule has 0 spiro atoms. The molecule has 1 rings (SSSR count). The summed E-state index contributed by atoms with van der Waals surface area (Å²) in [5, 5.41) is 8.49. The van der Waals surface area contributed by atoms with E-state index in [1.807, 2.05) is 37.3 Å². The Bertz CT molecular complexity index is 486. The van der Waals surface area contributed by atoms with Gasteiger partial charge in [-0.25, -0.2) is 4.79 Å². The molecule has 6 heteroatoms. The van der Waals surface area contributed by atoms with Crippen LogP contribution in [-0.4, -0.2) is 29.1 Å². The highest BCUT2D eigenvalue weighted by molar-refractivity contribution is 5.90. The number of hydrogen-bond acceptors (Lipinski definition) is 5. The second-order valence-corrected chi connectivity index (χ2v) is 4.51. The fourth-order valence-electron chi connectivity index (χ4n) is 1.65. The molecule has 1 unspecified atom stereocenters. The molecule has 0 amide bonds. The van der Waals surface area contributed by atoms with Crippen LogP contribution in [0.2, 0.25) is 0 Å². The van der Waals surface area contributed by atoms with Crippen LogP contribution in [0.1, 0.15) is 31.2 Å². The van der Waals surface area contributed by atoms with Gasteiger partial charge in [0, 0.05) is 0 Å². The highest BCUT2D eigenvalue weighted by Gasteiger charge is 2.22. The van der Waals surface area contributed by atoms with Gasteiger partial charge in [0.1, 0.15) is 6.04 Å². The van der Waals surface area contributed by atoms with Crippen molar-refractivity contribution >= 4 is 17.9 Å². The van der Waals surface area contributed by atoms with Gasteiger partial charge < -0.3 is 15.6 Å². The number of aliphatic carboxylic acids is 1. The van der Waals surface area contributed by atoms with Gasteiger partial charge in [0.2, 0.25) is 0 Å². The number of rotatable bonds is 6. The third kappa shape index (κ3) is 5.19. The van der Waals surface area contributed by atoms with Gasteiger partial charge in [-0.15, -0.1) is 0 Å². The number of carbonyl (C=O) groups excluding carboxylic acids is 2. The summed E-state index contributed by atoms with van der Waals surface area (Å²) >= 11 is 0. The Morgan fingerprint density at radius 2 is 1.80 bits per heavy atom. The van der Waals surface area contributed by atoms with Crippen LogP contribution in [0.5, 0.6) is 0 Å².